The fourth-order valence-corrected chi connectivity index (χ4v) is 1.93. The molecule has 0 aliphatic rings. The van der Waals surface area contributed by atoms with Crippen molar-refractivity contribution in [1.29, 1.82) is 0 Å². The predicted molar refractivity (Wildman–Crippen MR) is 77.0 cm³/mol. The van der Waals surface area contributed by atoms with Gasteiger partial charge in [-0.1, -0.05) is 30.3 Å². The number of carbonyl (C=O) groups is 1. The summed E-state index contributed by atoms with van der Waals surface area (Å²) in [6, 6.07) is 10.8. The summed E-state index contributed by atoms with van der Waals surface area (Å²) >= 11 is 0. The van der Waals surface area contributed by atoms with Gasteiger partial charge in [0, 0.05) is 6.20 Å². The number of hydrogen-bond acceptors (Lipinski definition) is 4. The number of alkyl halides is 2. The van der Waals surface area contributed by atoms with Crippen LogP contribution in [-0.4, -0.2) is 30.5 Å². The van der Waals surface area contributed by atoms with Crippen molar-refractivity contribution in [3.63, 3.8) is 0 Å². The summed E-state index contributed by atoms with van der Waals surface area (Å²) in [7, 11) is 0. The van der Waals surface area contributed by atoms with Crippen molar-refractivity contribution in [3.05, 3.63) is 60.2 Å². The first-order chi connectivity index (χ1) is 11.1. The molecule has 0 bridgehead atoms. The minimum Gasteiger partial charge on any atom is -0.288 e. The molecule has 0 atom stereocenters. The average Bonchev–Trinajstić information content (AvgIpc) is 3.18. The standard InChI is InChI=1S/C14H12F2N6O/c15-13(16)22-7-6-11(19-22)12(23)18-14-17-9-21(20-14)8-10-4-2-1-3-5-10/h1-7,9,13H,8H2,(H,18,20,23). The summed E-state index contributed by atoms with van der Waals surface area (Å²) in [4.78, 5) is 15.9. The summed E-state index contributed by atoms with van der Waals surface area (Å²) in [5.74, 6) is -0.570. The van der Waals surface area contributed by atoms with E-state index in [2.05, 4.69) is 20.5 Å². The Hall–Kier alpha value is -3.10. The van der Waals surface area contributed by atoms with E-state index in [4.69, 9.17) is 0 Å². The third-order valence-electron chi connectivity index (χ3n) is 2.99. The summed E-state index contributed by atoms with van der Waals surface area (Å²) in [5, 5.41) is 9.99. The van der Waals surface area contributed by atoms with E-state index >= 15 is 0 Å². The Labute approximate surface area is 129 Å². The van der Waals surface area contributed by atoms with Crippen LogP contribution in [0.3, 0.4) is 0 Å². The molecule has 23 heavy (non-hydrogen) atoms. The van der Waals surface area contributed by atoms with Crippen molar-refractivity contribution in [1.82, 2.24) is 24.5 Å². The van der Waals surface area contributed by atoms with E-state index < -0.39 is 12.5 Å². The van der Waals surface area contributed by atoms with Crippen molar-refractivity contribution >= 4 is 11.9 Å². The second kappa shape index (κ2) is 6.34. The van der Waals surface area contributed by atoms with Gasteiger partial charge in [0.25, 0.3) is 5.91 Å². The lowest BCUT2D eigenvalue weighted by atomic mass is 10.2. The molecule has 0 saturated heterocycles. The molecule has 7 nitrogen and oxygen atoms in total. The van der Waals surface area contributed by atoms with Gasteiger partial charge in [-0.3, -0.25) is 10.1 Å². The molecule has 0 spiro atoms. The third kappa shape index (κ3) is 3.57. The molecule has 1 amide bonds. The quantitative estimate of drug-likeness (QED) is 0.782. The molecule has 3 rings (SSSR count). The number of aromatic nitrogens is 5. The first-order valence-electron chi connectivity index (χ1n) is 6.70. The van der Waals surface area contributed by atoms with E-state index in [1.807, 2.05) is 30.3 Å². The maximum atomic E-state index is 12.4. The number of anilines is 1. The van der Waals surface area contributed by atoms with Crippen LogP contribution in [-0.2, 0) is 6.54 Å². The van der Waals surface area contributed by atoms with Gasteiger partial charge >= 0.3 is 6.55 Å². The zero-order valence-corrected chi connectivity index (χ0v) is 11.8. The Morgan fingerprint density at radius 2 is 1.96 bits per heavy atom. The highest BCUT2D eigenvalue weighted by molar-refractivity contribution is 6.01. The molecule has 1 N–H and O–H groups in total. The van der Waals surface area contributed by atoms with Crippen LogP contribution in [0.15, 0.2) is 48.9 Å². The third-order valence-corrected chi connectivity index (χ3v) is 2.99. The highest BCUT2D eigenvalue weighted by atomic mass is 19.3. The van der Waals surface area contributed by atoms with Gasteiger partial charge in [-0.25, -0.2) is 14.3 Å². The van der Waals surface area contributed by atoms with Gasteiger partial charge < -0.3 is 0 Å². The SMILES string of the molecule is O=C(Nc1ncn(Cc2ccccc2)n1)c1ccn(C(F)F)n1. The average molecular weight is 318 g/mol. The molecular weight excluding hydrogens is 306 g/mol. The maximum absolute atomic E-state index is 12.4. The van der Waals surface area contributed by atoms with E-state index in [1.165, 1.54) is 12.4 Å². The smallest absolute Gasteiger partial charge is 0.288 e. The minimum atomic E-state index is -2.79. The van der Waals surface area contributed by atoms with Crippen molar-refractivity contribution in [2.24, 2.45) is 0 Å². The second-order valence-electron chi connectivity index (χ2n) is 4.66. The van der Waals surface area contributed by atoms with E-state index in [0.29, 0.717) is 11.2 Å². The number of hydrogen-bond donors (Lipinski definition) is 1. The number of nitrogens with zero attached hydrogens (tertiary/aromatic N) is 5. The van der Waals surface area contributed by atoms with Crippen LogP contribution >= 0.6 is 0 Å². The van der Waals surface area contributed by atoms with Gasteiger partial charge in [-0.2, -0.15) is 13.9 Å². The number of amides is 1. The Kier molecular flexibility index (Phi) is 4.09. The first-order valence-corrected chi connectivity index (χ1v) is 6.70. The molecule has 118 valence electrons. The molecule has 0 aliphatic carbocycles. The van der Waals surface area contributed by atoms with Crippen LogP contribution in [0.25, 0.3) is 0 Å². The molecule has 0 radical (unpaired) electrons. The fraction of sp³-hybridized carbons (Fsp3) is 0.143. The van der Waals surface area contributed by atoms with Gasteiger partial charge in [0.15, 0.2) is 5.69 Å². The minimum absolute atomic E-state index is 0.0810. The van der Waals surface area contributed by atoms with Gasteiger partial charge in [0.05, 0.1) is 6.54 Å². The van der Waals surface area contributed by atoms with Crippen molar-refractivity contribution < 1.29 is 13.6 Å². The van der Waals surface area contributed by atoms with Gasteiger partial charge in [0.2, 0.25) is 5.95 Å². The van der Waals surface area contributed by atoms with Crippen LogP contribution in [0.5, 0.6) is 0 Å². The summed E-state index contributed by atoms with van der Waals surface area (Å²) in [5.41, 5.74) is 0.899. The number of halogens is 2. The van der Waals surface area contributed by atoms with Crippen molar-refractivity contribution in [3.8, 4) is 0 Å². The van der Waals surface area contributed by atoms with E-state index in [1.54, 1.807) is 4.68 Å². The molecule has 2 aromatic heterocycles. The van der Waals surface area contributed by atoms with Crippen molar-refractivity contribution in [2.45, 2.75) is 13.1 Å². The summed E-state index contributed by atoms with van der Waals surface area (Å²) < 4.78 is 26.8. The molecule has 1 aromatic carbocycles. The van der Waals surface area contributed by atoms with E-state index in [0.717, 1.165) is 11.8 Å². The number of rotatable bonds is 5. The van der Waals surface area contributed by atoms with Crippen molar-refractivity contribution in [2.75, 3.05) is 5.32 Å². The van der Waals surface area contributed by atoms with Gasteiger partial charge in [0.1, 0.15) is 6.33 Å². The largest absolute Gasteiger partial charge is 0.333 e. The van der Waals surface area contributed by atoms with E-state index in [-0.39, 0.29) is 11.6 Å². The van der Waals surface area contributed by atoms with Crippen LogP contribution in [0.2, 0.25) is 0 Å². The zero-order chi connectivity index (χ0) is 16.2. The number of nitrogens with one attached hydrogen (secondary N) is 1. The molecule has 0 fully saturated rings. The van der Waals surface area contributed by atoms with Crippen LogP contribution < -0.4 is 5.32 Å². The Bertz CT molecular complexity index is 798. The monoisotopic (exact) mass is 318 g/mol. The van der Waals surface area contributed by atoms with Crippen LogP contribution in [0.4, 0.5) is 14.7 Å². The van der Waals surface area contributed by atoms with Crippen LogP contribution in [0.1, 0.15) is 22.6 Å². The van der Waals surface area contributed by atoms with E-state index in [9.17, 15) is 13.6 Å². The maximum Gasteiger partial charge on any atom is 0.333 e. The van der Waals surface area contributed by atoms with Gasteiger partial charge in [-0.15, -0.1) is 5.10 Å². The lowest BCUT2D eigenvalue weighted by Crippen LogP contribution is -2.15. The number of benzene rings is 1. The second-order valence-corrected chi connectivity index (χ2v) is 4.66. The normalized spacial score (nSPS) is 10.9. The molecule has 0 unspecified atom stereocenters. The topological polar surface area (TPSA) is 77.6 Å². The first kappa shape index (κ1) is 14.8. The molecule has 3 aromatic rings. The summed E-state index contributed by atoms with van der Waals surface area (Å²) in [6.07, 6.45) is 2.50. The summed E-state index contributed by atoms with van der Waals surface area (Å²) in [6.45, 7) is -2.29. The molecule has 0 saturated carbocycles. The fourth-order valence-electron chi connectivity index (χ4n) is 1.93. The zero-order valence-electron chi connectivity index (χ0n) is 11.8. The molecular formula is C14H12F2N6O. The number of carbonyl (C=O) groups excluding carboxylic acids is 1. The molecule has 0 aliphatic heterocycles. The van der Waals surface area contributed by atoms with Gasteiger partial charge in [-0.05, 0) is 11.6 Å². The Morgan fingerprint density at radius 3 is 2.65 bits per heavy atom. The highest BCUT2D eigenvalue weighted by Crippen LogP contribution is 2.10. The molecule has 9 heteroatoms. The predicted octanol–water partition coefficient (Wildman–Crippen LogP) is 2.17. The Morgan fingerprint density at radius 1 is 1.17 bits per heavy atom. The van der Waals surface area contributed by atoms with Crippen LogP contribution in [0, 0.1) is 0 Å². The Balaban J connectivity index is 1.65. The highest BCUT2D eigenvalue weighted by Gasteiger charge is 2.15. The lowest BCUT2D eigenvalue weighted by Gasteiger charge is -2.00. The lowest BCUT2D eigenvalue weighted by molar-refractivity contribution is 0.0561. The molecule has 2 heterocycles.